The third-order valence-corrected chi connectivity index (χ3v) is 3.36. The lowest BCUT2D eigenvalue weighted by Gasteiger charge is -2.11. The van der Waals surface area contributed by atoms with E-state index in [0.29, 0.717) is 28.6 Å². The molecule has 21 heavy (non-hydrogen) atoms. The number of hydrogen-bond acceptors (Lipinski definition) is 4. The van der Waals surface area contributed by atoms with E-state index in [4.69, 9.17) is 38.3 Å². The fraction of sp³-hybridized carbons (Fsp3) is 0.200. The molecule has 1 aromatic carbocycles. The standard InChI is InChI=1S/C15H12Cl2N2O2/c1-9-6-14(11(8-18)15(17)19-9)21-13-3-2-10(4-5-20)7-12(13)16/h2-3,6-7,20H,4-5H2,1H3. The number of aromatic nitrogens is 1. The molecule has 1 N–H and O–H groups in total. The summed E-state index contributed by atoms with van der Waals surface area (Å²) in [5.41, 5.74) is 1.71. The Labute approximate surface area is 132 Å². The second-order valence-electron chi connectivity index (χ2n) is 4.38. The fourth-order valence-electron chi connectivity index (χ4n) is 1.82. The number of nitrogens with zero attached hydrogens (tertiary/aromatic N) is 2. The molecule has 4 nitrogen and oxygen atoms in total. The van der Waals surface area contributed by atoms with Crippen molar-refractivity contribution in [2.24, 2.45) is 0 Å². The molecular formula is C15H12Cl2N2O2. The van der Waals surface area contributed by atoms with Gasteiger partial charge in [-0.15, -0.1) is 0 Å². The lowest BCUT2D eigenvalue weighted by Crippen LogP contribution is -1.95. The zero-order chi connectivity index (χ0) is 15.4. The molecule has 0 saturated heterocycles. The second-order valence-corrected chi connectivity index (χ2v) is 5.15. The molecule has 2 aromatic rings. The maximum atomic E-state index is 9.14. The van der Waals surface area contributed by atoms with E-state index >= 15 is 0 Å². The van der Waals surface area contributed by atoms with Gasteiger partial charge in [-0.2, -0.15) is 5.26 Å². The Morgan fingerprint density at radius 3 is 2.67 bits per heavy atom. The van der Waals surface area contributed by atoms with Gasteiger partial charge in [-0.1, -0.05) is 29.3 Å². The summed E-state index contributed by atoms with van der Waals surface area (Å²) in [5.74, 6) is 0.725. The highest BCUT2D eigenvalue weighted by atomic mass is 35.5. The zero-order valence-corrected chi connectivity index (χ0v) is 12.7. The van der Waals surface area contributed by atoms with E-state index < -0.39 is 0 Å². The van der Waals surface area contributed by atoms with Crippen LogP contribution < -0.4 is 4.74 Å². The Balaban J connectivity index is 2.37. The minimum absolute atomic E-state index is 0.0499. The Hall–Kier alpha value is -1.80. The van der Waals surface area contributed by atoms with Gasteiger partial charge in [0.15, 0.2) is 5.15 Å². The highest BCUT2D eigenvalue weighted by Crippen LogP contribution is 2.34. The molecule has 0 aliphatic heterocycles. The number of aliphatic hydroxyl groups is 1. The van der Waals surface area contributed by atoms with Crippen molar-refractivity contribution in [1.82, 2.24) is 4.98 Å². The summed E-state index contributed by atoms with van der Waals surface area (Å²) in [4.78, 5) is 4.01. The van der Waals surface area contributed by atoms with Gasteiger partial charge >= 0.3 is 0 Å². The molecule has 0 aliphatic rings. The zero-order valence-electron chi connectivity index (χ0n) is 11.2. The summed E-state index contributed by atoms with van der Waals surface area (Å²) >= 11 is 12.1. The quantitative estimate of drug-likeness (QED) is 0.867. The van der Waals surface area contributed by atoms with Crippen molar-refractivity contribution >= 4 is 23.2 Å². The summed E-state index contributed by atoms with van der Waals surface area (Å²) < 4.78 is 5.68. The molecule has 0 radical (unpaired) electrons. The topological polar surface area (TPSA) is 66.1 Å². The van der Waals surface area contributed by atoms with Crippen molar-refractivity contribution < 1.29 is 9.84 Å². The van der Waals surface area contributed by atoms with Crippen LogP contribution in [0.3, 0.4) is 0 Å². The molecular weight excluding hydrogens is 311 g/mol. The van der Waals surface area contributed by atoms with Gasteiger partial charge in [-0.25, -0.2) is 4.98 Å². The normalized spacial score (nSPS) is 10.2. The molecule has 0 fully saturated rings. The van der Waals surface area contributed by atoms with E-state index in [1.54, 1.807) is 31.2 Å². The van der Waals surface area contributed by atoms with Crippen LogP contribution in [0.4, 0.5) is 0 Å². The number of rotatable bonds is 4. The SMILES string of the molecule is Cc1cc(Oc2ccc(CCO)cc2Cl)c(C#N)c(Cl)n1. The Morgan fingerprint density at radius 1 is 1.29 bits per heavy atom. The van der Waals surface area contributed by atoms with E-state index in [0.717, 1.165) is 5.56 Å². The van der Waals surface area contributed by atoms with Crippen molar-refractivity contribution in [3.8, 4) is 17.6 Å². The number of benzene rings is 1. The van der Waals surface area contributed by atoms with Crippen LogP contribution in [0, 0.1) is 18.3 Å². The van der Waals surface area contributed by atoms with Crippen molar-refractivity contribution in [3.63, 3.8) is 0 Å². The Bertz CT molecular complexity index is 712. The molecule has 2 rings (SSSR count). The number of pyridine rings is 1. The predicted octanol–water partition coefficient (Wildman–Crippen LogP) is 3.90. The van der Waals surface area contributed by atoms with Crippen LogP contribution in [-0.2, 0) is 6.42 Å². The average Bonchev–Trinajstić information content (AvgIpc) is 2.42. The average molecular weight is 323 g/mol. The van der Waals surface area contributed by atoms with E-state index in [9.17, 15) is 0 Å². The van der Waals surface area contributed by atoms with Crippen molar-refractivity contribution in [1.29, 1.82) is 5.26 Å². The summed E-state index contributed by atoms with van der Waals surface area (Å²) in [6.07, 6.45) is 0.517. The van der Waals surface area contributed by atoms with Gasteiger partial charge in [-0.05, 0) is 31.0 Å². The number of nitriles is 1. The first-order valence-electron chi connectivity index (χ1n) is 6.19. The molecule has 0 atom stereocenters. The van der Waals surface area contributed by atoms with Crippen molar-refractivity contribution in [2.45, 2.75) is 13.3 Å². The Kier molecular flexibility index (Phi) is 5.03. The summed E-state index contributed by atoms with van der Waals surface area (Å²) in [7, 11) is 0. The first-order valence-corrected chi connectivity index (χ1v) is 6.95. The van der Waals surface area contributed by atoms with Gasteiger partial charge in [0, 0.05) is 18.4 Å². The third-order valence-electron chi connectivity index (χ3n) is 2.80. The van der Waals surface area contributed by atoms with Gasteiger partial charge in [0.1, 0.15) is 23.1 Å². The highest BCUT2D eigenvalue weighted by molar-refractivity contribution is 6.32. The van der Waals surface area contributed by atoms with Gasteiger partial charge in [0.2, 0.25) is 0 Å². The molecule has 0 spiro atoms. The van der Waals surface area contributed by atoms with Crippen LogP contribution in [0.1, 0.15) is 16.8 Å². The molecule has 0 aliphatic carbocycles. The minimum atomic E-state index is 0.0499. The Morgan fingerprint density at radius 2 is 2.05 bits per heavy atom. The molecule has 0 bridgehead atoms. The first-order chi connectivity index (χ1) is 10.0. The van der Waals surface area contributed by atoms with Gasteiger partial charge < -0.3 is 9.84 Å². The van der Waals surface area contributed by atoms with Crippen LogP contribution in [-0.4, -0.2) is 16.7 Å². The van der Waals surface area contributed by atoms with Gasteiger partial charge in [0.05, 0.1) is 5.02 Å². The maximum Gasteiger partial charge on any atom is 0.150 e. The van der Waals surface area contributed by atoms with E-state index in [1.807, 2.05) is 6.07 Å². The number of aryl methyl sites for hydroxylation is 1. The minimum Gasteiger partial charge on any atom is -0.454 e. The van der Waals surface area contributed by atoms with Crippen LogP contribution in [0.25, 0.3) is 0 Å². The molecule has 0 amide bonds. The molecule has 108 valence electrons. The van der Waals surface area contributed by atoms with E-state index in [2.05, 4.69) is 4.98 Å². The number of halogens is 2. The third kappa shape index (κ3) is 3.64. The number of hydrogen-bond donors (Lipinski definition) is 1. The largest absolute Gasteiger partial charge is 0.454 e. The number of ether oxygens (including phenoxy) is 1. The van der Waals surface area contributed by atoms with Crippen LogP contribution in [0.5, 0.6) is 11.5 Å². The summed E-state index contributed by atoms with van der Waals surface area (Å²) in [6, 6.07) is 8.81. The first kappa shape index (κ1) is 15.6. The highest BCUT2D eigenvalue weighted by Gasteiger charge is 2.13. The lowest BCUT2D eigenvalue weighted by atomic mass is 10.1. The predicted molar refractivity (Wildman–Crippen MR) is 81.0 cm³/mol. The van der Waals surface area contributed by atoms with Crippen LogP contribution in [0.2, 0.25) is 10.2 Å². The molecule has 0 saturated carbocycles. The van der Waals surface area contributed by atoms with Gasteiger partial charge in [0.25, 0.3) is 0 Å². The number of aliphatic hydroxyl groups excluding tert-OH is 1. The lowest BCUT2D eigenvalue weighted by molar-refractivity contribution is 0.299. The monoisotopic (exact) mass is 322 g/mol. The smallest absolute Gasteiger partial charge is 0.150 e. The van der Waals surface area contributed by atoms with Crippen LogP contribution in [0.15, 0.2) is 24.3 Å². The molecule has 6 heteroatoms. The fourth-order valence-corrected chi connectivity index (χ4v) is 2.33. The van der Waals surface area contributed by atoms with E-state index in [-0.39, 0.29) is 17.3 Å². The molecule has 0 unspecified atom stereocenters. The summed E-state index contributed by atoms with van der Waals surface area (Å²) in [6.45, 7) is 1.81. The van der Waals surface area contributed by atoms with Crippen LogP contribution >= 0.6 is 23.2 Å². The molecule has 1 aromatic heterocycles. The maximum absolute atomic E-state index is 9.14. The van der Waals surface area contributed by atoms with E-state index in [1.165, 1.54) is 0 Å². The second kappa shape index (κ2) is 6.77. The molecule has 1 heterocycles. The van der Waals surface area contributed by atoms with Crippen molar-refractivity contribution in [3.05, 3.63) is 51.3 Å². The van der Waals surface area contributed by atoms with Crippen molar-refractivity contribution in [2.75, 3.05) is 6.61 Å². The summed E-state index contributed by atoms with van der Waals surface area (Å²) in [5, 5.41) is 18.5. The van der Waals surface area contributed by atoms with Gasteiger partial charge in [-0.3, -0.25) is 0 Å².